The van der Waals surface area contributed by atoms with Crippen molar-refractivity contribution in [2.45, 2.75) is 42.7 Å². The van der Waals surface area contributed by atoms with E-state index in [1.807, 2.05) is 24.3 Å². The van der Waals surface area contributed by atoms with E-state index in [4.69, 9.17) is 34.8 Å². The number of rotatable bonds is 5. The van der Waals surface area contributed by atoms with E-state index in [0.717, 1.165) is 42.3 Å². The number of benzene rings is 2. The molecule has 1 heterocycles. The maximum absolute atomic E-state index is 12.7. The van der Waals surface area contributed by atoms with Crippen LogP contribution in [-0.2, 0) is 10.0 Å². The average molecular weight is 485 g/mol. The molecule has 0 aliphatic heterocycles. The van der Waals surface area contributed by atoms with Gasteiger partial charge in [0.2, 0.25) is 10.0 Å². The van der Waals surface area contributed by atoms with Crippen molar-refractivity contribution in [1.29, 1.82) is 0 Å². The van der Waals surface area contributed by atoms with Crippen LogP contribution in [0.2, 0.25) is 15.1 Å². The molecule has 5 nitrogen and oxygen atoms in total. The van der Waals surface area contributed by atoms with Crippen LogP contribution in [0.5, 0.6) is 0 Å². The van der Waals surface area contributed by atoms with Crippen LogP contribution in [0.1, 0.15) is 25.7 Å². The number of halogens is 3. The SMILES string of the molecule is O=S(=O)(N[C@H]1CC[C@@H](Nc2ccnc3cc(Cl)ccc23)CC1)c1cccc(Cl)c1Cl. The maximum atomic E-state index is 12.7. The quantitative estimate of drug-likeness (QED) is 0.473. The molecule has 0 spiro atoms. The molecule has 4 rings (SSSR count). The van der Waals surface area contributed by atoms with Crippen LogP contribution in [0.25, 0.3) is 10.9 Å². The molecule has 1 aromatic heterocycles. The molecule has 30 heavy (non-hydrogen) atoms. The fourth-order valence-electron chi connectivity index (χ4n) is 3.80. The van der Waals surface area contributed by atoms with Crippen molar-refractivity contribution >= 4 is 61.4 Å². The zero-order chi connectivity index (χ0) is 21.3. The summed E-state index contributed by atoms with van der Waals surface area (Å²) in [5.41, 5.74) is 1.85. The Labute approximate surface area is 190 Å². The van der Waals surface area contributed by atoms with Crippen molar-refractivity contribution in [3.8, 4) is 0 Å². The zero-order valence-corrected chi connectivity index (χ0v) is 19.0. The predicted octanol–water partition coefficient (Wildman–Crippen LogP) is 5.90. The van der Waals surface area contributed by atoms with E-state index in [0.29, 0.717) is 5.02 Å². The van der Waals surface area contributed by atoms with Crippen LogP contribution in [0.15, 0.2) is 53.6 Å². The summed E-state index contributed by atoms with van der Waals surface area (Å²) < 4.78 is 28.2. The second-order valence-electron chi connectivity index (χ2n) is 7.39. The van der Waals surface area contributed by atoms with Gasteiger partial charge < -0.3 is 5.32 Å². The molecule has 0 amide bonds. The Bertz CT molecular complexity index is 1180. The Balaban J connectivity index is 1.40. The van der Waals surface area contributed by atoms with Crippen molar-refractivity contribution < 1.29 is 8.42 Å². The van der Waals surface area contributed by atoms with Crippen molar-refractivity contribution in [2.24, 2.45) is 0 Å². The molecule has 3 aromatic rings. The summed E-state index contributed by atoms with van der Waals surface area (Å²) in [4.78, 5) is 4.38. The van der Waals surface area contributed by atoms with Gasteiger partial charge in [-0.2, -0.15) is 0 Å². The summed E-state index contributed by atoms with van der Waals surface area (Å²) in [5.74, 6) is 0. The second kappa shape index (κ2) is 8.89. The van der Waals surface area contributed by atoms with Crippen molar-refractivity contribution in [3.63, 3.8) is 0 Å². The first-order chi connectivity index (χ1) is 14.3. The smallest absolute Gasteiger partial charge is 0.242 e. The summed E-state index contributed by atoms with van der Waals surface area (Å²) in [5, 5.41) is 5.51. The lowest BCUT2D eigenvalue weighted by Gasteiger charge is -2.30. The van der Waals surface area contributed by atoms with Crippen LogP contribution >= 0.6 is 34.8 Å². The van der Waals surface area contributed by atoms with Gasteiger partial charge in [-0.05, 0) is 62.1 Å². The van der Waals surface area contributed by atoms with E-state index in [1.54, 1.807) is 18.3 Å². The summed E-state index contributed by atoms with van der Waals surface area (Å²) >= 11 is 18.1. The fraction of sp³-hybridized carbons (Fsp3) is 0.286. The van der Waals surface area contributed by atoms with E-state index >= 15 is 0 Å². The number of sulfonamides is 1. The normalized spacial score (nSPS) is 19.7. The summed E-state index contributed by atoms with van der Waals surface area (Å²) in [6, 6.07) is 12.3. The molecule has 0 unspecified atom stereocenters. The van der Waals surface area contributed by atoms with Crippen LogP contribution in [-0.4, -0.2) is 25.5 Å². The van der Waals surface area contributed by atoms with Gasteiger partial charge in [0.05, 0.1) is 15.6 Å². The van der Waals surface area contributed by atoms with Gasteiger partial charge in [0.15, 0.2) is 0 Å². The topological polar surface area (TPSA) is 71.1 Å². The van der Waals surface area contributed by atoms with Gasteiger partial charge in [0.25, 0.3) is 0 Å². The highest BCUT2D eigenvalue weighted by atomic mass is 35.5. The van der Waals surface area contributed by atoms with Gasteiger partial charge in [0, 0.05) is 34.4 Å². The van der Waals surface area contributed by atoms with E-state index in [9.17, 15) is 8.42 Å². The van der Waals surface area contributed by atoms with E-state index < -0.39 is 10.0 Å². The molecule has 1 fully saturated rings. The van der Waals surface area contributed by atoms with Gasteiger partial charge in [-0.15, -0.1) is 0 Å². The first kappa shape index (κ1) is 21.7. The molecule has 0 radical (unpaired) electrons. The molecule has 1 aliphatic carbocycles. The minimum atomic E-state index is -3.73. The number of fused-ring (bicyclic) bond motifs is 1. The second-order valence-corrected chi connectivity index (χ2v) is 10.3. The van der Waals surface area contributed by atoms with Gasteiger partial charge >= 0.3 is 0 Å². The molecule has 2 N–H and O–H groups in total. The Hall–Kier alpha value is -1.57. The highest BCUT2D eigenvalue weighted by Gasteiger charge is 2.27. The minimum Gasteiger partial charge on any atom is -0.382 e. The Morgan fingerprint density at radius 2 is 1.67 bits per heavy atom. The number of hydrogen-bond acceptors (Lipinski definition) is 4. The van der Waals surface area contributed by atoms with Gasteiger partial charge in [0.1, 0.15) is 4.90 Å². The van der Waals surface area contributed by atoms with Crippen LogP contribution in [0.3, 0.4) is 0 Å². The first-order valence-electron chi connectivity index (χ1n) is 9.60. The number of nitrogens with zero attached hydrogens (tertiary/aromatic N) is 1. The van der Waals surface area contributed by atoms with Crippen LogP contribution in [0, 0.1) is 0 Å². The number of hydrogen-bond donors (Lipinski definition) is 2. The molecule has 0 bridgehead atoms. The van der Waals surface area contributed by atoms with Gasteiger partial charge in [-0.1, -0.05) is 40.9 Å². The molecule has 1 aliphatic rings. The third-order valence-corrected chi connectivity index (χ3v) is 8.05. The van der Waals surface area contributed by atoms with E-state index in [2.05, 4.69) is 15.0 Å². The highest BCUT2D eigenvalue weighted by Crippen LogP contribution is 2.31. The Kier molecular flexibility index (Phi) is 6.42. The van der Waals surface area contributed by atoms with Crippen LogP contribution in [0.4, 0.5) is 5.69 Å². The highest BCUT2D eigenvalue weighted by molar-refractivity contribution is 7.89. The standard InChI is InChI=1S/C21H20Cl3N3O2S/c22-13-4-9-16-18(10-11-25-19(16)12-13)26-14-5-7-15(8-6-14)27-30(28,29)20-3-1-2-17(23)21(20)24/h1-4,9-12,14-15,27H,5-8H2,(H,25,26)/t14-,15+. The zero-order valence-electron chi connectivity index (χ0n) is 15.9. The summed E-state index contributed by atoms with van der Waals surface area (Å²) in [6.07, 6.45) is 4.89. The number of aromatic nitrogens is 1. The largest absolute Gasteiger partial charge is 0.382 e. The van der Waals surface area contributed by atoms with E-state index in [-0.39, 0.29) is 27.0 Å². The number of anilines is 1. The molecule has 9 heteroatoms. The lowest BCUT2D eigenvalue weighted by molar-refractivity contribution is 0.387. The molecule has 0 saturated heterocycles. The van der Waals surface area contributed by atoms with Crippen molar-refractivity contribution in [3.05, 3.63) is 63.7 Å². The lowest BCUT2D eigenvalue weighted by Crippen LogP contribution is -2.40. The molecule has 158 valence electrons. The fourth-order valence-corrected chi connectivity index (χ4v) is 6.03. The molecular formula is C21H20Cl3N3O2S. The van der Waals surface area contributed by atoms with Crippen molar-refractivity contribution in [1.82, 2.24) is 9.71 Å². The summed E-state index contributed by atoms with van der Waals surface area (Å²) in [6.45, 7) is 0. The first-order valence-corrected chi connectivity index (χ1v) is 12.2. The Morgan fingerprint density at radius 3 is 2.43 bits per heavy atom. The maximum Gasteiger partial charge on any atom is 0.242 e. The lowest BCUT2D eigenvalue weighted by atomic mass is 9.91. The van der Waals surface area contributed by atoms with Gasteiger partial charge in [-0.25, -0.2) is 13.1 Å². The number of nitrogens with one attached hydrogen (secondary N) is 2. The average Bonchev–Trinajstić information content (AvgIpc) is 2.71. The van der Waals surface area contributed by atoms with E-state index in [1.165, 1.54) is 6.07 Å². The third-order valence-electron chi connectivity index (χ3n) is 5.32. The van der Waals surface area contributed by atoms with Crippen LogP contribution < -0.4 is 10.0 Å². The van der Waals surface area contributed by atoms with Crippen molar-refractivity contribution in [2.75, 3.05) is 5.32 Å². The van der Waals surface area contributed by atoms with Gasteiger partial charge in [-0.3, -0.25) is 4.98 Å². The third kappa shape index (κ3) is 4.68. The monoisotopic (exact) mass is 483 g/mol. The molecular weight excluding hydrogens is 465 g/mol. The molecule has 1 saturated carbocycles. The number of pyridine rings is 1. The predicted molar refractivity (Wildman–Crippen MR) is 123 cm³/mol. The Morgan fingerprint density at radius 1 is 0.933 bits per heavy atom. The molecule has 0 atom stereocenters. The minimum absolute atomic E-state index is 0.0128. The summed E-state index contributed by atoms with van der Waals surface area (Å²) in [7, 11) is -3.73. The molecule has 2 aromatic carbocycles.